The molecule has 1 amide bonds. The van der Waals surface area contributed by atoms with Crippen LogP contribution in [0.5, 0.6) is 5.75 Å². The summed E-state index contributed by atoms with van der Waals surface area (Å²) in [5, 5.41) is 13.9. The third-order valence-corrected chi connectivity index (χ3v) is 4.56. The molecule has 8 heteroatoms. The number of para-hydroxylation sites is 1. The number of nitrogens with one attached hydrogen (secondary N) is 3. The van der Waals surface area contributed by atoms with Crippen LogP contribution in [0.2, 0.25) is 0 Å². The van der Waals surface area contributed by atoms with Crippen molar-refractivity contribution in [3.8, 4) is 5.75 Å². The molecule has 6 nitrogen and oxygen atoms in total. The van der Waals surface area contributed by atoms with Crippen molar-refractivity contribution in [1.82, 2.24) is 10.2 Å². The molecule has 3 N–H and O–H groups in total. The fraction of sp³-hybridized carbons (Fsp3) is 0.0909. The molecule has 0 aliphatic heterocycles. The second kappa shape index (κ2) is 8.20. The number of rotatable bonds is 6. The number of benzene rings is 3. The molecule has 0 saturated carbocycles. The zero-order chi connectivity index (χ0) is 21.1. The normalized spacial score (nSPS) is 10.9. The van der Waals surface area contributed by atoms with Crippen molar-refractivity contribution in [3.05, 3.63) is 78.0 Å². The number of halogens is 2. The maximum atomic E-state index is 12.9. The van der Waals surface area contributed by atoms with Crippen molar-refractivity contribution >= 4 is 33.9 Å². The maximum Gasteiger partial charge on any atom is 0.387 e. The first-order chi connectivity index (χ1) is 14.5. The van der Waals surface area contributed by atoms with Crippen molar-refractivity contribution < 1.29 is 18.3 Å². The Bertz CT molecular complexity index is 1190. The lowest BCUT2D eigenvalue weighted by atomic mass is 10.1. The van der Waals surface area contributed by atoms with Gasteiger partial charge >= 0.3 is 6.61 Å². The number of carbonyl (C=O) groups excluding carboxylic acids is 1. The number of alkyl halides is 2. The molecular weight excluding hydrogens is 390 g/mol. The quantitative estimate of drug-likeness (QED) is 0.395. The van der Waals surface area contributed by atoms with E-state index >= 15 is 0 Å². The van der Waals surface area contributed by atoms with E-state index in [1.165, 1.54) is 12.1 Å². The lowest BCUT2D eigenvalue weighted by molar-refractivity contribution is -0.0498. The molecule has 0 atom stereocenters. The topological polar surface area (TPSA) is 79.0 Å². The standard InChI is InChI=1S/C22H18F2N4O2/c1-13-10-20-14(12-25-28-20)11-19(13)27-21(29)17-4-2-3-5-18(17)26-15-6-8-16(9-7-15)30-22(23)24/h2-12,22,26H,1H3,(H,25,28)(H,27,29). The van der Waals surface area contributed by atoms with Crippen LogP contribution in [0.4, 0.5) is 25.8 Å². The van der Waals surface area contributed by atoms with Crippen molar-refractivity contribution in [1.29, 1.82) is 0 Å². The van der Waals surface area contributed by atoms with Crippen LogP contribution in [0.15, 0.2) is 66.9 Å². The van der Waals surface area contributed by atoms with E-state index in [2.05, 4.69) is 25.6 Å². The highest BCUT2D eigenvalue weighted by Crippen LogP contribution is 2.26. The van der Waals surface area contributed by atoms with Crippen LogP contribution in [-0.4, -0.2) is 22.7 Å². The Morgan fingerprint density at radius 2 is 1.83 bits per heavy atom. The Morgan fingerprint density at radius 1 is 1.07 bits per heavy atom. The molecule has 0 saturated heterocycles. The summed E-state index contributed by atoms with van der Waals surface area (Å²) in [6.45, 7) is -0.971. The van der Waals surface area contributed by atoms with Crippen molar-refractivity contribution in [2.75, 3.05) is 10.6 Å². The number of aromatic nitrogens is 2. The van der Waals surface area contributed by atoms with Gasteiger partial charge in [0.2, 0.25) is 0 Å². The van der Waals surface area contributed by atoms with E-state index in [-0.39, 0.29) is 11.7 Å². The van der Waals surface area contributed by atoms with Gasteiger partial charge in [-0.05, 0) is 61.0 Å². The predicted molar refractivity (Wildman–Crippen MR) is 112 cm³/mol. The van der Waals surface area contributed by atoms with Gasteiger partial charge in [-0.3, -0.25) is 9.89 Å². The van der Waals surface area contributed by atoms with Gasteiger partial charge in [0.25, 0.3) is 5.91 Å². The van der Waals surface area contributed by atoms with Gasteiger partial charge in [0.1, 0.15) is 5.75 Å². The van der Waals surface area contributed by atoms with Crippen molar-refractivity contribution in [2.24, 2.45) is 0 Å². The van der Waals surface area contributed by atoms with E-state index in [1.807, 2.05) is 19.1 Å². The summed E-state index contributed by atoms with van der Waals surface area (Å²) >= 11 is 0. The number of H-pyrrole nitrogens is 1. The van der Waals surface area contributed by atoms with Crippen molar-refractivity contribution in [3.63, 3.8) is 0 Å². The number of aromatic amines is 1. The zero-order valence-corrected chi connectivity index (χ0v) is 15.9. The number of aryl methyl sites for hydroxylation is 1. The molecule has 4 rings (SSSR count). The number of ether oxygens (including phenoxy) is 1. The first-order valence-corrected chi connectivity index (χ1v) is 9.15. The van der Waals surface area contributed by atoms with Crippen LogP contribution < -0.4 is 15.4 Å². The fourth-order valence-corrected chi connectivity index (χ4v) is 3.09. The number of hydrogen-bond donors (Lipinski definition) is 3. The van der Waals surface area contributed by atoms with Crippen LogP contribution in [0, 0.1) is 6.92 Å². The summed E-state index contributed by atoms with van der Waals surface area (Å²) in [5.41, 5.74) is 4.15. The number of carbonyl (C=O) groups is 1. The Hall–Kier alpha value is -3.94. The van der Waals surface area contributed by atoms with Crippen molar-refractivity contribution in [2.45, 2.75) is 13.5 Å². The Labute approximate surface area is 170 Å². The lowest BCUT2D eigenvalue weighted by Crippen LogP contribution is -2.14. The molecule has 4 aromatic rings. The molecular formula is C22H18F2N4O2. The molecule has 0 radical (unpaired) electrons. The van der Waals surface area contributed by atoms with Gasteiger partial charge in [-0.25, -0.2) is 0 Å². The third kappa shape index (κ3) is 4.22. The summed E-state index contributed by atoms with van der Waals surface area (Å²) in [6.07, 6.45) is 1.70. The average molecular weight is 408 g/mol. The molecule has 0 aliphatic carbocycles. The van der Waals surface area contributed by atoms with Crippen LogP contribution in [0.1, 0.15) is 15.9 Å². The smallest absolute Gasteiger partial charge is 0.387 e. The molecule has 0 bridgehead atoms. The number of amides is 1. The minimum Gasteiger partial charge on any atom is -0.435 e. The van der Waals surface area contributed by atoms with Crippen LogP contribution >= 0.6 is 0 Å². The first kappa shape index (κ1) is 19.4. The average Bonchev–Trinajstić information content (AvgIpc) is 3.17. The second-order valence-electron chi connectivity index (χ2n) is 6.65. The van der Waals surface area contributed by atoms with Crippen LogP contribution in [0.25, 0.3) is 10.9 Å². The monoisotopic (exact) mass is 408 g/mol. The van der Waals surface area contributed by atoms with E-state index in [0.29, 0.717) is 22.6 Å². The van der Waals surface area contributed by atoms with Crippen LogP contribution in [0.3, 0.4) is 0 Å². The Morgan fingerprint density at radius 3 is 2.60 bits per heavy atom. The molecule has 1 aromatic heterocycles. The molecule has 30 heavy (non-hydrogen) atoms. The van der Waals surface area contributed by atoms with Gasteiger partial charge < -0.3 is 15.4 Å². The largest absolute Gasteiger partial charge is 0.435 e. The number of fused-ring (bicyclic) bond motifs is 1. The summed E-state index contributed by atoms with van der Waals surface area (Å²) in [7, 11) is 0. The maximum absolute atomic E-state index is 12.9. The summed E-state index contributed by atoms with van der Waals surface area (Å²) < 4.78 is 28.9. The molecule has 3 aromatic carbocycles. The highest BCUT2D eigenvalue weighted by molar-refractivity contribution is 6.09. The van der Waals surface area contributed by atoms with Gasteiger partial charge in [-0.1, -0.05) is 12.1 Å². The van der Waals surface area contributed by atoms with Gasteiger partial charge in [0.15, 0.2) is 0 Å². The molecule has 152 valence electrons. The Balaban J connectivity index is 1.54. The van der Waals surface area contributed by atoms with Gasteiger partial charge in [-0.15, -0.1) is 0 Å². The number of anilines is 3. The first-order valence-electron chi connectivity index (χ1n) is 9.15. The predicted octanol–water partition coefficient (Wildman–Crippen LogP) is 5.47. The minimum absolute atomic E-state index is 0.0618. The van der Waals surface area contributed by atoms with E-state index in [4.69, 9.17) is 0 Å². The van der Waals surface area contributed by atoms with E-state index in [9.17, 15) is 13.6 Å². The SMILES string of the molecule is Cc1cc2[nH]ncc2cc1NC(=O)c1ccccc1Nc1ccc(OC(F)F)cc1. The second-order valence-corrected chi connectivity index (χ2v) is 6.65. The Kier molecular flexibility index (Phi) is 5.30. The third-order valence-electron chi connectivity index (χ3n) is 4.56. The number of hydrogen-bond acceptors (Lipinski definition) is 4. The lowest BCUT2D eigenvalue weighted by Gasteiger charge is -2.14. The molecule has 0 aliphatic rings. The van der Waals surface area contributed by atoms with Gasteiger partial charge in [0.05, 0.1) is 23.0 Å². The zero-order valence-electron chi connectivity index (χ0n) is 15.9. The molecule has 0 spiro atoms. The van der Waals surface area contributed by atoms with E-state index < -0.39 is 6.61 Å². The van der Waals surface area contributed by atoms with Gasteiger partial charge in [0, 0.05) is 16.8 Å². The molecule has 0 fully saturated rings. The summed E-state index contributed by atoms with van der Waals surface area (Å²) in [6, 6.07) is 16.9. The molecule has 1 heterocycles. The van der Waals surface area contributed by atoms with Gasteiger partial charge in [-0.2, -0.15) is 13.9 Å². The van der Waals surface area contributed by atoms with E-state index in [1.54, 1.807) is 42.6 Å². The summed E-state index contributed by atoms with van der Waals surface area (Å²) in [4.78, 5) is 12.9. The molecule has 0 unspecified atom stereocenters. The minimum atomic E-state index is -2.88. The highest BCUT2D eigenvalue weighted by Gasteiger charge is 2.14. The number of nitrogens with zero attached hydrogens (tertiary/aromatic N) is 1. The fourth-order valence-electron chi connectivity index (χ4n) is 3.09. The van der Waals surface area contributed by atoms with Crippen LogP contribution in [-0.2, 0) is 0 Å². The summed E-state index contributed by atoms with van der Waals surface area (Å²) in [5.74, 6) is -0.214. The highest BCUT2D eigenvalue weighted by atomic mass is 19.3. The van der Waals surface area contributed by atoms with E-state index in [0.717, 1.165) is 16.5 Å².